The maximum absolute atomic E-state index is 12.3. The van der Waals surface area contributed by atoms with Crippen molar-refractivity contribution < 1.29 is 9.59 Å². The second kappa shape index (κ2) is 8.26. The van der Waals surface area contributed by atoms with Crippen molar-refractivity contribution in [2.24, 2.45) is 0 Å². The van der Waals surface area contributed by atoms with Gasteiger partial charge in [-0.2, -0.15) is 0 Å². The van der Waals surface area contributed by atoms with Crippen molar-refractivity contribution >= 4 is 40.0 Å². The number of nitrogens with zero attached hydrogens (tertiary/aromatic N) is 3. The van der Waals surface area contributed by atoms with Gasteiger partial charge in [-0.15, -0.1) is 16.8 Å². The van der Waals surface area contributed by atoms with Crippen LogP contribution in [0.2, 0.25) is 0 Å². The van der Waals surface area contributed by atoms with Crippen molar-refractivity contribution in [1.29, 1.82) is 0 Å². The maximum atomic E-state index is 12.3. The summed E-state index contributed by atoms with van der Waals surface area (Å²) in [7, 11) is 0. The van der Waals surface area contributed by atoms with Crippen molar-refractivity contribution in [3.63, 3.8) is 0 Å². The number of nitrogens with one attached hydrogen (secondary N) is 1. The fourth-order valence-electron chi connectivity index (χ4n) is 2.47. The van der Waals surface area contributed by atoms with Crippen LogP contribution in [0.4, 0.5) is 5.13 Å². The highest BCUT2D eigenvalue weighted by atomic mass is 32.2. The molecule has 8 heteroatoms. The molecule has 1 aliphatic rings. The van der Waals surface area contributed by atoms with E-state index in [1.165, 1.54) is 16.2 Å². The molecule has 6 nitrogen and oxygen atoms in total. The molecule has 1 aromatic carbocycles. The highest BCUT2D eigenvalue weighted by Crippen LogP contribution is 2.27. The third-order valence-electron chi connectivity index (χ3n) is 3.68. The molecule has 0 fully saturated rings. The second-order valence-electron chi connectivity index (χ2n) is 5.41. The van der Waals surface area contributed by atoms with Crippen LogP contribution in [0.5, 0.6) is 0 Å². The molecule has 2 aromatic rings. The summed E-state index contributed by atoms with van der Waals surface area (Å²) in [6.07, 6.45) is 3.44. The minimum absolute atomic E-state index is 0.185. The molecule has 1 N–H and O–H groups in total. The molecule has 2 heterocycles. The van der Waals surface area contributed by atoms with Gasteiger partial charge in [-0.1, -0.05) is 41.3 Å². The number of aromatic nitrogens is 2. The van der Waals surface area contributed by atoms with Crippen LogP contribution in [0.25, 0.3) is 0 Å². The van der Waals surface area contributed by atoms with Crippen molar-refractivity contribution in [2.75, 3.05) is 24.2 Å². The smallest absolute Gasteiger partial charge is 0.261 e. The molecule has 0 bridgehead atoms. The Hall–Kier alpha value is -2.19. The van der Waals surface area contributed by atoms with E-state index in [9.17, 15) is 9.59 Å². The Kier molecular flexibility index (Phi) is 5.83. The zero-order valence-corrected chi connectivity index (χ0v) is 15.2. The van der Waals surface area contributed by atoms with Crippen LogP contribution in [0.3, 0.4) is 0 Å². The summed E-state index contributed by atoms with van der Waals surface area (Å²) in [5.41, 5.74) is 1.02. The van der Waals surface area contributed by atoms with Gasteiger partial charge in [0.25, 0.3) is 11.8 Å². The number of amides is 2. The molecular weight excluding hydrogens is 356 g/mol. The lowest BCUT2D eigenvalue weighted by Gasteiger charge is -2.13. The highest BCUT2D eigenvalue weighted by molar-refractivity contribution is 8.01. The number of anilines is 1. The van der Waals surface area contributed by atoms with E-state index < -0.39 is 0 Å². The first-order valence-electron chi connectivity index (χ1n) is 7.97. The normalized spacial score (nSPS) is 13.2. The SMILES string of the molecule is C=CCNc1nnc(SCCCCN2C(=O)c3ccccc3C2=O)s1. The first-order valence-corrected chi connectivity index (χ1v) is 9.77. The first kappa shape index (κ1) is 17.6. The third-order valence-corrected chi connectivity index (χ3v) is 5.78. The Morgan fingerprint density at radius 3 is 2.56 bits per heavy atom. The number of carbonyl (C=O) groups is 2. The minimum atomic E-state index is -0.185. The molecule has 0 radical (unpaired) electrons. The minimum Gasteiger partial charge on any atom is -0.357 e. The second-order valence-corrected chi connectivity index (χ2v) is 7.73. The third kappa shape index (κ3) is 4.08. The first-order chi connectivity index (χ1) is 12.2. The number of hydrogen-bond donors (Lipinski definition) is 1. The lowest BCUT2D eigenvalue weighted by Crippen LogP contribution is -2.30. The van der Waals surface area contributed by atoms with E-state index >= 15 is 0 Å². The van der Waals surface area contributed by atoms with Gasteiger partial charge >= 0.3 is 0 Å². The molecule has 130 valence electrons. The van der Waals surface area contributed by atoms with Gasteiger partial charge < -0.3 is 5.32 Å². The van der Waals surface area contributed by atoms with Gasteiger partial charge in [0.05, 0.1) is 11.1 Å². The molecular formula is C17H18N4O2S2. The Morgan fingerprint density at radius 1 is 1.16 bits per heavy atom. The van der Waals surface area contributed by atoms with Gasteiger partial charge in [-0.05, 0) is 25.0 Å². The van der Waals surface area contributed by atoms with Crippen molar-refractivity contribution in [2.45, 2.75) is 17.2 Å². The maximum Gasteiger partial charge on any atom is 0.261 e. The van der Waals surface area contributed by atoms with Crippen LogP contribution in [-0.2, 0) is 0 Å². The van der Waals surface area contributed by atoms with E-state index in [1.807, 2.05) is 0 Å². The summed E-state index contributed by atoms with van der Waals surface area (Å²) >= 11 is 3.15. The summed E-state index contributed by atoms with van der Waals surface area (Å²) in [4.78, 5) is 25.8. The van der Waals surface area contributed by atoms with Crippen LogP contribution >= 0.6 is 23.1 Å². The molecule has 1 aliphatic heterocycles. The highest BCUT2D eigenvalue weighted by Gasteiger charge is 2.34. The standard InChI is InChI=1S/C17H18N4O2S2/c1-2-9-18-16-19-20-17(25-16)24-11-6-5-10-21-14(22)12-7-3-4-8-13(12)15(21)23/h2-4,7-8H,1,5-6,9-11H2,(H,18,19). The van der Waals surface area contributed by atoms with E-state index in [-0.39, 0.29) is 11.8 Å². The summed E-state index contributed by atoms with van der Waals surface area (Å²) in [5, 5.41) is 12.1. The Balaban J connectivity index is 1.41. The average Bonchev–Trinajstić information content (AvgIpc) is 3.18. The van der Waals surface area contributed by atoms with Crippen molar-refractivity contribution in [1.82, 2.24) is 15.1 Å². The molecule has 0 aliphatic carbocycles. The van der Waals surface area contributed by atoms with E-state index in [0.29, 0.717) is 24.2 Å². The zero-order chi connectivity index (χ0) is 17.6. The molecule has 3 rings (SSSR count). The molecule has 25 heavy (non-hydrogen) atoms. The van der Waals surface area contributed by atoms with E-state index in [4.69, 9.17) is 0 Å². The van der Waals surface area contributed by atoms with Crippen LogP contribution in [-0.4, -0.2) is 45.8 Å². The Morgan fingerprint density at radius 2 is 1.88 bits per heavy atom. The van der Waals surface area contributed by atoms with Crippen molar-refractivity contribution in [3.8, 4) is 0 Å². The molecule has 0 saturated heterocycles. The molecule has 1 aromatic heterocycles. The number of fused-ring (bicyclic) bond motifs is 1. The monoisotopic (exact) mass is 374 g/mol. The molecule has 0 saturated carbocycles. The van der Waals surface area contributed by atoms with Gasteiger partial charge in [0.2, 0.25) is 5.13 Å². The number of hydrogen-bond acceptors (Lipinski definition) is 7. The van der Waals surface area contributed by atoms with Gasteiger partial charge in [0.1, 0.15) is 0 Å². The fourth-order valence-corrected chi connectivity index (χ4v) is 4.30. The van der Waals surface area contributed by atoms with E-state index in [0.717, 1.165) is 28.1 Å². The summed E-state index contributed by atoms with van der Waals surface area (Å²) < 4.78 is 0.910. The Labute approximate surface area is 154 Å². The van der Waals surface area contributed by atoms with Crippen molar-refractivity contribution in [3.05, 3.63) is 48.0 Å². The van der Waals surface area contributed by atoms with Gasteiger partial charge in [0.15, 0.2) is 4.34 Å². The molecule has 2 amide bonds. The average molecular weight is 374 g/mol. The number of rotatable bonds is 9. The topological polar surface area (TPSA) is 75.2 Å². The summed E-state index contributed by atoms with van der Waals surface area (Å²) in [6.45, 7) is 4.77. The van der Waals surface area contributed by atoms with Gasteiger partial charge in [0, 0.05) is 18.8 Å². The largest absolute Gasteiger partial charge is 0.357 e. The predicted molar refractivity (Wildman–Crippen MR) is 100 cm³/mol. The van der Waals surface area contributed by atoms with Crippen LogP contribution in [0.15, 0.2) is 41.3 Å². The molecule has 0 unspecified atom stereocenters. The van der Waals surface area contributed by atoms with Crippen LogP contribution in [0.1, 0.15) is 33.6 Å². The lowest BCUT2D eigenvalue weighted by atomic mass is 10.1. The number of benzene rings is 1. The van der Waals surface area contributed by atoms with Gasteiger partial charge in [-0.3, -0.25) is 14.5 Å². The number of unbranched alkanes of at least 4 members (excludes halogenated alkanes) is 1. The summed E-state index contributed by atoms with van der Waals surface area (Å²) in [6, 6.07) is 6.98. The van der Waals surface area contributed by atoms with Crippen LogP contribution in [0, 0.1) is 0 Å². The van der Waals surface area contributed by atoms with Gasteiger partial charge in [-0.25, -0.2) is 0 Å². The fraction of sp³-hybridized carbons (Fsp3) is 0.294. The zero-order valence-electron chi connectivity index (χ0n) is 13.6. The summed E-state index contributed by atoms with van der Waals surface area (Å²) in [5.74, 6) is 0.504. The lowest BCUT2D eigenvalue weighted by molar-refractivity contribution is 0.0652. The number of thioether (sulfide) groups is 1. The van der Waals surface area contributed by atoms with E-state index in [1.54, 1.807) is 42.1 Å². The van der Waals surface area contributed by atoms with Crippen LogP contribution < -0.4 is 5.32 Å². The Bertz CT molecular complexity index is 755. The predicted octanol–water partition coefficient (Wildman–Crippen LogP) is 3.30. The van der Waals surface area contributed by atoms with E-state index in [2.05, 4.69) is 22.1 Å². The number of carbonyl (C=O) groups excluding carboxylic acids is 2. The number of imide groups is 1. The quantitative estimate of drug-likeness (QED) is 0.314. The molecule has 0 spiro atoms. The molecule has 0 atom stereocenters.